The van der Waals surface area contributed by atoms with E-state index >= 15 is 0 Å². The first-order valence-electron chi connectivity index (χ1n) is 6.00. The number of carbonyl (C=O) groups is 2. The zero-order valence-corrected chi connectivity index (χ0v) is 10.9. The van der Waals surface area contributed by atoms with Crippen LogP contribution in [-0.4, -0.2) is 32.8 Å². The second kappa shape index (κ2) is 6.18. The summed E-state index contributed by atoms with van der Waals surface area (Å²) in [6.07, 6.45) is 3.44. The molecule has 0 aliphatic carbocycles. The standard InChI is InChI=1S/C12H19N3O3/c1-4-15-7-9(6-13-15)11(16)14-10(12(17)18)5-8(2)3/h6-8,10H,4-5H2,1-3H3,(H,14,16)(H,17,18). The maximum absolute atomic E-state index is 11.8. The number of aliphatic carboxylic acids is 1. The number of nitrogens with one attached hydrogen (secondary N) is 1. The third-order valence-electron chi connectivity index (χ3n) is 2.53. The van der Waals surface area contributed by atoms with Gasteiger partial charge in [-0.25, -0.2) is 4.79 Å². The molecular weight excluding hydrogens is 234 g/mol. The van der Waals surface area contributed by atoms with Crippen molar-refractivity contribution in [1.29, 1.82) is 0 Å². The molecule has 1 amide bonds. The Bertz CT molecular complexity index is 426. The Morgan fingerprint density at radius 2 is 2.17 bits per heavy atom. The zero-order chi connectivity index (χ0) is 13.7. The molecule has 6 nitrogen and oxygen atoms in total. The molecule has 1 atom stereocenters. The zero-order valence-electron chi connectivity index (χ0n) is 10.9. The van der Waals surface area contributed by atoms with Crippen LogP contribution in [0.15, 0.2) is 12.4 Å². The minimum absolute atomic E-state index is 0.199. The summed E-state index contributed by atoms with van der Waals surface area (Å²) >= 11 is 0. The fraction of sp³-hybridized carbons (Fsp3) is 0.583. The van der Waals surface area contributed by atoms with Gasteiger partial charge in [-0.2, -0.15) is 5.10 Å². The lowest BCUT2D eigenvalue weighted by molar-refractivity contribution is -0.139. The number of rotatable bonds is 6. The number of aryl methyl sites for hydroxylation is 1. The molecule has 1 heterocycles. The van der Waals surface area contributed by atoms with Crippen LogP contribution in [0.1, 0.15) is 37.6 Å². The molecule has 2 N–H and O–H groups in total. The van der Waals surface area contributed by atoms with Crippen molar-refractivity contribution >= 4 is 11.9 Å². The van der Waals surface area contributed by atoms with E-state index in [-0.39, 0.29) is 5.92 Å². The van der Waals surface area contributed by atoms with Gasteiger partial charge < -0.3 is 10.4 Å². The van der Waals surface area contributed by atoms with Gasteiger partial charge in [-0.15, -0.1) is 0 Å². The summed E-state index contributed by atoms with van der Waals surface area (Å²) in [5.74, 6) is -1.22. The predicted molar refractivity (Wildman–Crippen MR) is 66.2 cm³/mol. The molecule has 1 rings (SSSR count). The molecule has 0 bridgehead atoms. The van der Waals surface area contributed by atoms with Crippen LogP contribution in [0.2, 0.25) is 0 Å². The fourth-order valence-corrected chi connectivity index (χ4v) is 1.59. The first kappa shape index (κ1) is 14.2. The van der Waals surface area contributed by atoms with Crippen LogP contribution >= 0.6 is 0 Å². The van der Waals surface area contributed by atoms with Crippen molar-refractivity contribution in [2.75, 3.05) is 0 Å². The monoisotopic (exact) mass is 253 g/mol. The van der Waals surface area contributed by atoms with E-state index in [4.69, 9.17) is 5.11 Å². The van der Waals surface area contributed by atoms with Crippen LogP contribution in [0.4, 0.5) is 0 Å². The molecule has 0 saturated carbocycles. The summed E-state index contributed by atoms with van der Waals surface area (Å²) < 4.78 is 1.62. The average Bonchev–Trinajstić information content (AvgIpc) is 2.75. The Hall–Kier alpha value is -1.85. The second-order valence-corrected chi connectivity index (χ2v) is 4.58. The lowest BCUT2D eigenvalue weighted by Crippen LogP contribution is -2.41. The molecule has 0 saturated heterocycles. The lowest BCUT2D eigenvalue weighted by Gasteiger charge is -2.15. The Labute approximate surface area is 106 Å². The van der Waals surface area contributed by atoms with Gasteiger partial charge in [0, 0.05) is 12.7 Å². The number of hydrogen-bond donors (Lipinski definition) is 2. The summed E-state index contributed by atoms with van der Waals surface area (Å²) in [5.41, 5.74) is 0.381. The number of carboxylic acids is 1. The highest BCUT2D eigenvalue weighted by atomic mass is 16.4. The van der Waals surface area contributed by atoms with Gasteiger partial charge >= 0.3 is 5.97 Å². The topological polar surface area (TPSA) is 84.2 Å². The molecule has 0 fully saturated rings. The minimum Gasteiger partial charge on any atom is -0.480 e. The van der Waals surface area contributed by atoms with E-state index in [1.165, 1.54) is 6.20 Å². The van der Waals surface area contributed by atoms with Gasteiger partial charge in [0.15, 0.2) is 0 Å². The van der Waals surface area contributed by atoms with Gasteiger partial charge in [-0.1, -0.05) is 13.8 Å². The largest absolute Gasteiger partial charge is 0.480 e. The van der Waals surface area contributed by atoms with E-state index in [1.54, 1.807) is 10.9 Å². The smallest absolute Gasteiger partial charge is 0.326 e. The molecule has 0 spiro atoms. The highest BCUT2D eigenvalue weighted by Crippen LogP contribution is 2.06. The molecule has 0 aliphatic rings. The van der Waals surface area contributed by atoms with Gasteiger partial charge in [-0.05, 0) is 19.3 Å². The normalized spacial score (nSPS) is 12.4. The van der Waals surface area contributed by atoms with Crippen LogP contribution in [0.3, 0.4) is 0 Å². The Balaban J connectivity index is 2.69. The molecule has 1 aromatic rings. The summed E-state index contributed by atoms with van der Waals surface area (Å²) in [4.78, 5) is 22.9. The van der Waals surface area contributed by atoms with Gasteiger partial charge in [0.25, 0.3) is 5.91 Å². The van der Waals surface area contributed by atoms with Crippen LogP contribution < -0.4 is 5.32 Å². The molecular formula is C12H19N3O3. The first-order valence-corrected chi connectivity index (χ1v) is 6.00. The van der Waals surface area contributed by atoms with E-state index < -0.39 is 17.9 Å². The number of nitrogens with zero attached hydrogens (tertiary/aromatic N) is 2. The number of aromatic nitrogens is 2. The SMILES string of the molecule is CCn1cc(C(=O)NC(CC(C)C)C(=O)O)cn1. The van der Waals surface area contributed by atoms with E-state index in [0.29, 0.717) is 18.5 Å². The van der Waals surface area contributed by atoms with Crippen LogP contribution in [0, 0.1) is 5.92 Å². The van der Waals surface area contributed by atoms with Crippen molar-refractivity contribution in [1.82, 2.24) is 15.1 Å². The molecule has 18 heavy (non-hydrogen) atoms. The molecule has 0 aliphatic heterocycles. The number of amides is 1. The summed E-state index contributed by atoms with van der Waals surface area (Å²) in [5, 5.41) is 15.5. The molecule has 0 aromatic carbocycles. The quantitative estimate of drug-likeness (QED) is 0.796. The summed E-state index contributed by atoms with van der Waals surface area (Å²) in [7, 11) is 0. The first-order chi connectivity index (χ1) is 8.43. The van der Waals surface area contributed by atoms with Gasteiger partial charge in [0.1, 0.15) is 6.04 Å². The Morgan fingerprint density at radius 1 is 1.50 bits per heavy atom. The maximum Gasteiger partial charge on any atom is 0.326 e. The third kappa shape index (κ3) is 3.87. The van der Waals surface area contributed by atoms with E-state index in [1.807, 2.05) is 20.8 Å². The summed E-state index contributed by atoms with van der Waals surface area (Å²) in [6.45, 7) is 6.41. The molecule has 1 unspecified atom stereocenters. The molecule has 100 valence electrons. The highest BCUT2D eigenvalue weighted by Gasteiger charge is 2.22. The lowest BCUT2D eigenvalue weighted by atomic mass is 10.0. The number of hydrogen-bond acceptors (Lipinski definition) is 3. The Kier molecular flexibility index (Phi) is 4.88. The van der Waals surface area contributed by atoms with Crippen LogP contribution in [-0.2, 0) is 11.3 Å². The Morgan fingerprint density at radius 3 is 2.61 bits per heavy atom. The molecule has 1 aromatic heterocycles. The summed E-state index contributed by atoms with van der Waals surface area (Å²) in [6, 6.07) is -0.859. The van der Waals surface area contributed by atoms with Crippen molar-refractivity contribution in [3.8, 4) is 0 Å². The van der Waals surface area contributed by atoms with Crippen molar-refractivity contribution in [3.63, 3.8) is 0 Å². The predicted octanol–water partition coefficient (Wildman–Crippen LogP) is 1.13. The van der Waals surface area contributed by atoms with Gasteiger partial charge in [-0.3, -0.25) is 9.48 Å². The van der Waals surface area contributed by atoms with Crippen molar-refractivity contribution in [2.45, 2.75) is 39.8 Å². The minimum atomic E-state index is -1.01. The number of carboxylic acid groups (broad SMARTS) is 1. The maximum atomic E-state index is 11.8. The van der Waals surface area contributed by atoms with Gasteiger partial charge in [0.05, 0.1) is 11.8 Å². The third-order valence-corrected chi connectivity index (χ3v) is 2.53. The van der Waals surface area contributed by atoms with E-state index in [2.05, 4.69) is 10.4 Å². The van der Waals surface area contributed by atoms with Crippen molar-refractivity contribution < 1.29 is 14.7 Å². The van der Waals surface area contributed by atoms with Crippen molar-refractivity contribution in [3.05, 3.63) is 18.0 Å². The second-order valence-electron chi connectivity index (χ2n) is 4.58. The van der Waals surface area contributed by atoms with Crippen molar-refractivity contribution in [2.24, 2.45) is 5.92 Å². The number of carbonyl (C=O) groups excluding carboxylic acids is 1. The fourth-order valence-electron chi connectivity index (χ4n) is 1.59. The molecule has 6 heteroatoms. The highest BCUT2D eigenvalue weighted by molar-refractivity contribution is 5.96. The average molecular weight is 253 g/mol. The van der Waals surface area contributed by atoms with E-state index in [9.17, 15) is 9.59 Å². The van der Waals surface area contributed by atoms with Crippen LogP contribution in [0.5, 0.6) is 0 Å². The van der Waals surface area contributed by atoms with Gasteiger partial charge in [0.2, 0.25) is 0 Å². The molecule has 0 radical (unpaired) electrons. The van der Waals surface area contributed by atoms with Crippen LogP contribution in [0.25, 0.3) is 0 Å². The van der Waals surface area contributed by atoms with E-state index in [0.717, 1.165) is 0 Å².